The Hall–Kier alpha value is -3.96. The third kappa shape index (κ3) is 7.70. The molecule has 8 nitrogen and oxygen atoms in total. The largest absolute Gasteiger partial charge is 0.382 e. The van der Waals surface area contributed by atoms with Gasteiger partial charge in [0.05, 0.1) is 16.8 Å². The zero-order valence-corrected chi connectivity index (χ0v) is 27.7. The Bertz CT molecular complexity index is 1760. The number of carbonyl (C=O) groups excluding carboxylic acids is 2. The monoisotopic (exact) mass is 657 g/mol. The molecule has 10 heteroatoms. The van der Waals surface area contributed by atoms with Crippen LogP contribution in [0.2, 0.25) is 0 Å². The van der Waals surface area contributed by atoms with Crippen LogP contribution in [0.3, 0.4) is 0 Å². The molecule has 0 aliphatic carbocycles. The lowest BCUT2D eigenvalue weighted by Gasteiger charge is -2.33. The van der Waals surface area contributed by atoms with E-state index in [0.717, 1.165) is 27.8 Å². The second-order valence-electron chi connectivity index (χ2n) is 12.0. The van der Waals surface area contributed by atoms with Crippen LogP contribution in [-0.4, -0.2) is 59.1 Å². The van der Waals surface area contributed by atoms with E-state index in [-0.39, 0.29) is 23.1 Å². The van der Waals surface area contributed by atoms with Gasteiger partial charge in [-0.15, -0.1) is 11.8 Å². The molecule has 0 radical (unpaired) electrons. The predicted octanol–water partition coefficient (Wildman–Crippen LogP) is 4.91. The van der Waals surface area contributed by atoms with Gasteiger partial charge in [0.1, 0.15) is 12.1 Å². The highest BCUT2D eigenvalue weighted by atomic mass is 32.2. The van der Waals surface area contributed by atoms with Crippen LogP contribution >= 0.6 is 11.8 Å². The number of benzene rings is 4. The fraction of sp³-hybridized carbons (Fsp3) is 0.278. The molecule has 1 aliphatic heterocycles. The quantitative estimate of drug-likeness (QED) is 0.211. The van der Waals surface area contributed by atoms with Crippen molar-refractivity contribution in [3.63, 3.8) is 0 Å². The summed E-state index contributed by atoms with van der Waals surface area (Å²) >= 11 is 1.43. The zero-order chi connectivity index (χ0) is 32.9. The molecule has 0 spiro atoms. The Morgan fingerprint density at radius 2 is 1.48 bits per heavy atom. The molecule has 1 fully saturated rings. The first kappa shape index (κ1) is 33.4. The number of hydrogen-bond donors (Lipinski definition) is 3. The van der Waals surface area contributed by atoms with E-state index in [9.17, 15) is 23.1 Å². The Kier molecular flexibility index (Phi) is 10.3. The van der Waals surface area contributed by atoms with E-state index in [1.807, 2.05) is 106 Å². The summed E-state index contributed by atoms with van der Waals surface area (Å²) in [5, 5.41) is 14.5. The molecule has 5 rings (SSSR count). The first-order valence-corrected chi connectivity index (χ1v) is 17.6. The van der Waals surface area contributed by atoms with Crippen molar-refractivity contribution >= 4 is 33.6 Å². The van der Waals surface area contributed by atoms with Gasteiger partial charge < -0.3 is 15.3 Å². The van der Waals surface area contributed by atoms with Crippen molar-refractivity contribution in [1.29, 1.82) is 0 Å². The van der Waals surface area contributed by atoms with Crippen LogP contribution in [0, 0.1) is 6.92 Å². The van der Waals surface area contributed by atoms with Gasteiger partial charge in [0, 0.05) is 11.3 Å². The first-order valence-electron chi connectivity index (χ1n) is 15.1. The molecule has 240 valence electrons. The molecule has 4 aromatic rings. The zero-order valence-electron chi connectivity index (χ0n) is 26.1. The smallest absolute Gasteiger partial charge is 0.254 e. The van der Waals surface area contributed by atoms with E-state index >= 15 is 0 Å². The minimum absolute atomic E-state index is 0.0104. The van der Waals surface area contributed by atoms with Gasteiger partial charge in [-0.2, -0.15) is 0 Å². The molecule has 1 aliphatic rings. The number of nitrogens with one attached hydrogen (secondary N) is 2. The molecule has 3 N–H and O–H groups in total. The maximum absolute atomic E-state index is 14.0. The van der Waals surface area contributed by atoms with Crippen LogP contribution in [0.4, 0.5) is 0 Å². The van der Waals surface area contributed by atoms with Gasteiger partial charge in [-0.1, -0.05) is 97.1 Å². The molecule has 1 saturated heterocycles. The third-order valence-corrected chi connectivity index (χ3v) is 11.2. The topological polar surface area (TPSA) is 116 Å². The number of nitrogens with zero attached hydrogens (tertiary/aromatic N) is 1. The van der Waals surface area contributed by atoms with Gasteiger partial charge in [0.25, 0.3) is 5.91 Å². The summed E-state index contributed by atoms with van der Waals surface area (Å²) in [5.41, 5.74) is 4.55. The van der Waals surface area contributed by atoms with Crippen LogP contribution in [0.15, 0.2) is 114 Å². The minimum Gasteiger partial charge on any atom is -0.382 e. The molecule has 0 bridgehead atoms. The van der Waals surface area contributed by atoms with Crippen LogP contribution in [0.25, 0.3) is 11.1 Å². The molecule has 3 atom stereocenters. The second-order valence-corrected chi connectivity index (χ2v) is 15.3. The van der Waals surface area contributed by atoms with Gasteiger partial charge in [-0.3, -0.25) is 9.59 Å². The van der Waals surface area contributed by atoms with Crippen LogP contribution in [-0.2, 0) is 32.6 Å². The van der Waals surface area contributed by atoms with Crippen molar-refractivity contribution in [1.82, 2.24) is 14.9 Å². The molecule has 0 saturated carbocycles. The SMILES string of the molecule is Cc1ccccc1CNC(=O)[C@H]1N(C(=O)[C@@H](O)[C@H](Cc2ccccc2)NS(=O)(=O)c2ccc(-c3ccccc3)cc2)CSC1(C)C. The van der Waals surface area contributed by atoms with Crippen molar-refractivity contribution < 1.29 is 23.1 Å². The van der Waals surface area contributed by atoms with Gasteiger partial charge in [-0.25, -0.2) is 13.1 Å². The van der Waals surface area contributed by atoms with Gasteiger partial charge in [0.2, 0.25) is 15.9 Å². The summed E-state index contributed by atoms with van der Waals surface area (Å²) < 4.78 is 29.2. The molecule has 4 aromatic carbocycles. The van der Waals surface area contributed by atoms with Crippen molar-refractivity contribution in [3.8, 4) is 11.1 Å². The Morgan fingerprint density at radius 3 is 2.13 bits per heavy atom. The Morgan fingerprint density at radius 1 is 0.891 bits per heavy atom. The van der Waals surface area contributed by atoms with Crippen molar-refractivity contribution in [2.75, 3.05) is 5.88 Å². The fourth-order valence-electron chi connectivity index (χ4n) is 5.65. The third-order valence-electron chi connectivity index (χ3n) is 8.30. The minimum atomic E-state index is -4.14. The predicted molar refractivity (Wildman–Crippen MR) is 182 cm³/mol. The van der Waals surface area contributed by atoms with Crippen molar-refractivity contribution in [2.24, 2.45) is 0 Å². The molecular weight excluding hydrogens is 619 g/mol. The fourth-order valence-corrected chi connectivity index (χ4v) is 8.03. The number of sulfonamides is 1. The average molecular weight is 658 g/mol. The van der Waals surface area contributed by atoms with Crippen LogP contribution in [0.1, 0.15) is 30.5 Å². The molecule has 46 heavy (non-hydrogen) atoms. The molecule has 0 aromatic heterocycles. The van der Waals surface area contributed by atoms with Gasteiger partial charge >= 0.3 is 0 Å². The van der Waals surface area contributed by atoms with Crippen LogP contribution < -0.4 is 10.0 Å². The Balaban J connectivity index is 1.37. The van der Waals surface area contributed by atoms with Gasteiger partial charge in [-0.05, 0) is 67.1 Å². The summed E-state index contributed by atoms with van der Waals surface area (Å²) in [6.07, 6.45) is -1.69. The average Bonchev–Trinajstić information content (AvgIpc) is 3.38. The van der Waals surface area contributed by atoms with E-state index in [2.05, 4.69) is 10.0 Å². The summed E-state index contributed by atoms with van der Waals surface area (Å²) in [4.78, 5) is 28.9. The normalized spacial score (nSPS) is 17.3. The summed E-state index contributed by atoms with van der Waals surface area (Å²) in [5.74, 6) is -0.869. The number of hydrogen-bond acceptors (Lipinski definition) is 6. The highest BCUT2D eigenvalue weighted by Gasteiger charge is 2.50. The van der Waals surface area contributed by atoms with Crippen molar-refractivity contribution in [2.45, 2.75) is 61.6 Å². The lowest BCUT2D eigenvalue weighted by Crippen LogP contribution is -2.58. The van der Waals surface area contributed by atoms with Crippen LogP contribution in [0.5, 0.6) is 0 Å². The Labute approximate surface area is 275 Å². The number of aryl methyl sites for hydroxylation is 1. The van der Waals surface area contributed by atoms with E-state index in [1.165, 1.54) is 28.8 Å². The van der Waals surface area contributed by atoms with E-state index in [4.69, 9.17) is 0 Å². The number of amides is 2. The summed E-state index contributed by atoms with van der Waals surface area (Å²) in [6.45, 7) is 6.04. The van der Waals surface area contributed by atoms with E-state index < -0.39 is 38.9 Å². The second kappa shape index (κ2) is 14.2. The number of aliphatic hydroxyl groups excluding tert-OH is 1. The number of carbonyl (C=O) groups is 2. The molecule has 0 unspecified atom stereocenters. The van der Waals surface area contributed by atoms with Crippen molar-refractivity contribution in [3.05, 3.63) is 126 Å². The lowest BCUT2D eigenvalue weighted by atomic mass is 9.97. The number of aliphatic hydroxyl groups is 1. The highest BCUT2D eigenvalue weighted by Crippen LogP contribution is 2.40. The maximum atomic E-state index is 14.0. The number of thioether (sulfide) groups is 1. The summed E-state index contributed by atoms with van der Waals surface area (Å²) in [6, 6.07) is 30.8. The maximum Gasteiger partial charge on any atom is 0.254 e. The standard InChI is InChI=1S/C36H39N3O5S2/c1-25-12-10-11-17-29(25)23-37-34(41)33-36(2,3)45-24-39(33)35(42)32(40)31(22-26-13-6-4-7-14-26)38-46(43,44)30-20-18-28(19-21-30)27-15-8-5-9-16-27/h4-21,31-33,38,40H,22-24H2,1-3H3,(H,37,41)/t31-,32-,33+/m0/s1. The summed E-state index contributed by atoms with van der Waals surface area (Å²) in [7, 11) is -4.14. The first-order chi connectivity index (χ1) is 22.0. The lowest BCUT2D eigenvalue weighted by molar-refractivity contribution is -0.147. The van der Waals surface area contributed by atoms with E-state index in [1.54, 1.807) is 12.1 Å². The highest BCUT2D eigenvalue weighted by molar-refractivity contribution is 8.00. The molecular formula is C36H39N3O5S2. The van der Waals surface area contributed by atoms with E-state index in [0.29, 0.717) is 6.54 Å². The number of rotatable bonds is 11. The molecule has 1 heterocycles. The van der Waals surface area contributed by atoms with Gasteiger partial charge in [0.15, 0.2) is 0 Å². The molecule has 2 amide bonds.